The highest BCUT2D eigenvalue weighted by Crippen LogP contribution is 2.35. The van der Waals surface area contributed by atoms with Gasteiger partial charge < -0.3 is 24.6 Å². The summed E-state index contributed by atoms with van der Waals surface area (Å²) >= 11 is 6.48. The van der Waals surface area contributed by atoms with E-state index in [1.165, 1.54) is 12.0 Å². The molecule has 5 rings (SSSR count). The molecule has 0 bridgehead atoms. The van der Waals surface area contributed by atoms with E-state index in [-0.39, 0.29) is 17.3 Å². The number of halogens is 1. The van der Waals surface area contributed by atoms with Crippen molar-refractivity contribution in [2.45, 2.75) is 58.1 Å². The Morgan fingerprint density at radius 3 is 2.39 bits per heavy atom. The van der Waals surface area contributed by atoms with E-state index >= 15 is 0 Å². The van der Waals surface area contributed by atoms with E-state index < -0.39 is 5.60 Å². The number of ether oxygens (including phenoxy) is 2. The van der Waals surface area contributed by atoms with E-state index in [9.17, 15) is 4.79 Å². The molecule has 1 saturated heterocycles. The molecule has 220 valence electrons. The molecule has 0 unspecified atom stereocenters. The molecule has 1 saturated carbocycles. The number of nitrogens with zero attached hydrogens (tertiary/aromatic N) is 6. The van der Waals surface area contributed by atoms with Crippen LogP contribution in [0.2, 0.25) is 5.15 Å². The monoisotopic (exact) mass is 581 g/mol. The van der Waals surface area contributed by atoms with Gasteiger partial charge in [-0.15, -0.1) is 0 Å². The number of hydrogen-bond donors (Lipinski definition) is 1. The fourth-order valence-electron chi connectivity index (χ4n) is 5.30. The molecular formula is C30H40ClN7O3. The second-order valence-corrected chi connectivity index (χ2v) is 12.4. The predicted octanol–water partition coefficient (Wildman–Crippen LogP) is 5.20. The number of carbonyl (C=O) groups excluding carboxylic acids is 1. The van der Waals surface area contributed by atoms with Crippen LogP contribution in [0.1, 0.15) is 46.5 Å². The van der Waals surface area contributed by atoms with Crippen molar-refractivity contribution in [3.05, 3.63) is 48.1 Å². The molecular weight excluding hydrogens is 542 g/mol. The maximum Gasteiger partial charge on any atom is 0.407 e. The molecule has 2 aromatic heterocycles. The molecule has 10 nitrogen and oxygen atoms in total. The first-order valence-corrected chi connectivity index (χ1v) is 14.7. The second kappa shape index (κ2) is 12.7. The molecule has 3 heterocycles. The van der Waals surface area contributed by atoms with Gasteiger partial charge in [0.2, 0.25) is 0 Å². The fraction of sp³-hybridized carbons (Fsp3) is 0.533. The van der Waals surface area contributed by atoms with Crippen LogP contribution in [0.25, 0.3) is 16.9 Å². The Bertz CT molecular complexity index is 1310. The van der Waals surface area contributed by atoms with Gasteiger partial charge in [0.05, 0.1) is 18.5 Å². The third-order valence-corrected chi connectivity index (χ3v) is 7.90. The van der Waals surface area contributed by atoms with Gasteiger partial charge in [-0.05, 0) is 83.7 Å². The molecule has 0 spiro atoms. The molecule has 0 radical (unpaired) electrons. The van der Waals surface area contributed by atoms with E-state index in [2.05, 4.69) is 61.5 Å². The summed E-state index contributed by atoms with van der Waals surface area (Å²) in [6.07, 6.45) is 8.41. The molecule has 1 aromatic carbocycles. The summed E-state index contributed by atoms with van der Waals surface area (Å²) in [6, 6.07) is 8.58. The number of carbonyl (C=O) groups is 1. The molecule has 2 aliphatic rings. The fourth-order valence-corrected chi connectivity index (χ4v) is 5.49. The molecule has 0 atom stereocenters. The van der Waals surface area contributed by atoms with Gasteiger partial charge in [0.25, 0.3) is 0 Å². The molecule has 1 N–H and O–H groups in total. The SMILES string of the molecule is CN1CCN(c2ccc(-n3cc(-c4ncnc(Cl)c4OC[C@H]4CC[C@@H](NC(=O)OC(C)(C)C)CC4)cn3)cc2)CC1. The first kappa shape index (κ1) is 29.1. The smallest absolute Gasteiger partial charge is 0.407 e. The minimum absolute atomic E-state index is 0.113. The topological polar surface area (TPSA) is 97.6 Å². The van der Waals surface area contributed by atoms with E-state index in [0.717, 1.165) is 63.1 Å². The molecule has 1 amide bonds. The summed E-state index contributed by atoms with van der Waals surface area (Å²) in [5.74, 6) is 0.811. The standard InChI is InChI=1S/C30H40ClN7O3/c1-30(2,3)41-29(39)35-23-7-5-21(6-8-23)19-40-27-26(32-20-33-28(27)31)22-17-34-38(18-22)25-11-9-24(10-12-25)37-15-13-36(4)14-16-37/h9-12,17-18,20-21,23H,5-8,13-16,19H2,1-4H3,(H,35,39)/t21-,23+. The normalized spacial score (nSPS) is 20.1. The number of benzene rings is 1. The zero-order valence-corrected chi connectivity index (χ0v) is 25.1. The van der Waals surface area contributed by atoms with Crippen molar-refractivity contribution < 1.29 is 14.3 Å². The van der Waals surface area contributed by atoms with Gasteiger partial charge in [-0.2, -0.15) is 5.10 Å². The maximum absolute atomic E-state index is 12.1. The van der Waals surface area contributed by atoms with Gasteiger partial charge in [-0.25, -0.2) is 19.4 Å². The first-order valence-electron chi connectivity index (χ1n) is 14.4. The van der Waals surface area contributed by atoms with Crippen LogP contribution in [0.3, 0.4) is 0 Å². The molecule has 1 aliphatic heterocycles. The predicted molar refractivity (Wildman–Crippen MR) is 160 cm³/mol. The lowest BCUT2D eigenvalue weighted by molar-refractivity contribution is 0.0483. The third-order valence-electron chi connectivity index (χ3n) is 7.63. The lowest BCUT2D eigenvalue weighted by Gasteiger charge is -2.34. The van der Waals surface area contributed by atoms with Gasteiger partial charge in [-0.1, -0.05) is 11.6 Å². The van der Waals surface area contributed by atoms with Crippen molar-refractivity contribution in [3.8, 4) is 22.7 Å². The highest BCUT2D eigenvalue weighted by atomic mass is 35.5. The molecule has 41 heavy (non-hydrogen) atoms. The Balaban J connectivity index is 1.19. The molecule has 3 aromatic rings. The van der Waals surface area contributed by atoms with Gasteiger partial charge in [-0.3, -0.25) is 0 Å². The Labute approximate surface area is 247 Å². The summed E-state index contributed by atoms with van der Waals surface area (Å²) in [6.45, 7) is 10.3. The summed E-state index contributed by atoms with van der Waals surface area (Å²) in [5.41, 5.74) is 3.11. The Kier molecular flexibility index (Phi) is 8.99. The Hall–Kier alpha value is -3.37. The van der Waals surface area contributed by atoms with Crippen molar-refractivity contribution in [1.82, 2.24) is 30.0 Å². The van der Waals surface area contributed by atoms with Crippen LogP contribution in [-0.4, -0.2) is 82.2 Å². The number of likely N-dealkylation sites (N-methyl/N-ethyl adjacent to an activating group) is 1. The summed E-state index contributed by atoms with van der Waals surface area (Å²) in [5, 5.41) is 7.85. The number of aromatic nitrogens is 4. The first-order chi connectivity index (χ1) is 19.6. The van der Waals surface area contributed by atoms with E-state index in [1.54, 1.807) is 6.20 Å². The Morgan fingerprint density at radius 1 is 1.02 bits per heavy atom. The highest BCUT2D eigenvalue weighted by Gasteiger charge is 2.26. The minimum Gasteiger partial charge on any atom is -0.488 e. The quantitative estimate of drug-likeness (QED) is 0.380. The van der Waals surface area contributed by atoms with Crippen molar-refractivity contribution in [3.63, 3.8) is 0 Å². The average Bonchev–Trinajstić information content (AvgIpc) is 3.43. The van der Waals surface area contributed by atoms with E-state index in [0.29, 0.717) is 24.0 Å². The second-order valence-electron chi connectivity index (χ2n) is 12.0. The molecule has 2 fully saturated rings. The number of nitrogens with one attached hydrogen (secondary N) is 1. The van der Waals surface area contributed by atoms with Crippen molar-refractivity contribution in [1.29, 1.82) is 0 Å². The van der Waals surface area contributed by atoms with Crippen LogP contribution in [0, 0.1) is 5.92 Å². The lowest BCUT2D eigenvalue weighted by atomic mass is 9.86. The van der Waals surface area contributed by atoms with Gasteiger partial charge >= 0.3 is 6.09 Å². The number of amides is 1. The summed E-state index contributed by atoms with van der Waals surface area (Å²) in [7, 11) is 2.16. The van der Waals surface area contributed by atoms with Crippen LogP contribution in [0.4, 0.5) is 10.5 Å². The largest absolute Gasteiger partial charge is 0.488 e. The summed E-state index contributed by atoms with van der Waals surface area (Å²) < 4.78 is 13.5. The van der Waals surface area contributed by atoms with Crippen LogP contribution >= 0.6 is 11.6 Å². The van der Waals surface area contributed by atoms with E-state index in [1.807, 2.05) is 31.6 Å². The zero-order valence-electron chi connectivity index (χ0n) is 24.3. The zero-order chi connectivity index (χ0) is 29.0. The number of hydrogen-bond acceptors (Lipinski definition) is 8. The van der Waals surface area contributed by atoms with Crippen molar-refractivity contribution >= 4 is 23.4 Å². The van der Waals surface area contributed by atoms with Crippen LogP contribution in [-0.2, 0) is 4.74 Å². The van der Waals surface area contributed by atoms with Crippen LogP contribution in [0.5, 0.6) is 5.75 Å². The molecule has 11 heteroatoms. The molecule has 1 aliphatic carbocycles. The number of piperazine rings is 1. The van der Waals surface area contributed by atoms with Crippen LogP contribution in [0.15, 0.2) is 43.0 Å². The minimum atomic E-state index is -0.504. The van der Waals surface area contributed by atoms with Crippen molar-refractivity contribution in [2.24, 2.45) is 5.92 Å². The van der Waals surface area contributed by atoms with Gasteiger partial charge in [0.1, 0.15) is 17.6 Å². The third kappa shape index (κ3) is 7.68. The van der Waals surface area contributed by atoms with E-state index in [4.69, 9.17) is 21.1 Å². The maximum atomic E-state index is 12.1. The Morgan fingerprint density at radius 2 is 1.71 bits per heavy atom. The number of anilines is 1. The van der Waals surface area contributed by atoms with Gasteiger partial charge in [0, 0.05) is 49.7 Å². The van der Waals surface area contributed by atoms with Crippen molar-refractivity contribution in [2.75, 3.05) is 44.7 Å². The van der Waals surface area contributed by atoms with Crippen LogP contribution < -0.4 is 15.0 Å². The highest BCUT2D eigenvalue weighted by molar-refractivity contribution is 6.31. The summed E-state index contributed by atoms with van der Waals surface area (Å²) in [4.78, 5) is 25.5. The lowest BCUT2D eigenvalue weighted by Crippen LogP contribution is -2.44. The average molecular weight is 582 g/mol. The number of alkyl carbamates (subject to hydrolysis) is 1. The van der Waals surface area contributed by atoms with Gasteiger partial charge in [0.15, 0.2) is 10.9 Å². The number of rotatable bonds is 7.